The van der Waals surface area contributed by atoms with Crippen LogP contribution in [0, 0.1) is 0 Å². The average molecular weight is 571 g/mol. The molecule has 9 heteroatoms. The van der Waals surface area contributed by atoms with Gasteiger partial charge in [-0.2, -0.15) is 0 Å². The van der Waals surface area contributed by atoms with Crippen LogP contribution in [0.1, 0.15) is 60.1 Å². The number of aromatic nitrogens is 1. The van der Waals surface area contributed by atoms with Crippen molar-refractivity contribution in [1.82, 2.24) is 19.7 Å². The number of carboxylic acid groups (broad SMARTS) is 1. The highest BCUT2D eigenvalue weighted by molar-refractivity contribution is 5.87. The van der Waals surface area contributed by atoms with Crippen LogP contribution < -0.4 is 4.74 Å². The molecule has 220 valence electrons. The quantitative estimate of drug-likeness (QED) is 0.378. The Hall–Kier alpha value is -3.95. The first-order valence-corrected chi connectivity index (χ1v) is 14.8. The molecular formula is C33H38N4O5. The van der Waals surface area contributed by atoms with E-state index in [2.05, 4.69) is 50.9 Å². The van der Waals surface area contributed by atoms with Crippen LogP contribution in [-0.2, 0) is 11.3 Å². The number of carboxylic acids is 1. The summed E-state index contributed by atoms with van der Waals surface area (Å²) in [7, 11) is 0. The number of hydrogen-bond acceptors (Lipinski definition) is 6. The smallest absolute Gasteiger partial charge is 0.335 e. The molecule has 42 heavy (non-hydrogen) atoms. The molecule has 0 spiro atoms. The molecule has 4 heterocycles. The molecule has 1 atom stereocenters. The summed E-state index contributed by atoms with van der Waals surface area (Å²) in [5.74, 6) is 0.0298. The van der Waals surface area contributed by atoms with E-state index in [1.807, 2.05) is 24.4 Å². The van der Waals surface area contributed by atoms with E-state index in [4.69, 9.17) is 14.6 Å². The summed E-state index contributed by atoms with van der Waals surface area (Å²) in [6.07, 6.45) is 5.45. The van der Waals surface area contributed by atoms with Gasteiger partial charge in [-0.05, 0) is 68.0 Å². The fourth-order valence-electron chi connectivity index (χ4n) is 6.46. The summed E-state index contributed by atoms with van der Waals surface area (Å²) >= 11 is 0. The third-order valence-corrected chi connectivity index (χ3v) is 9.03. The van der Waals surface area contributed by atoms with Crippen molar-refractivity contribution in [3.63, 3.8) is 0 Å². The number of likely N-dealkylation sites (tertiary alicyclic amines) is 1. The zero-order valence-corrected chi connectivity index (χ0v) is 24.0. The molecule has 9 nitrogen and oxygen atoms in total. The number of carbonyl (C=O) groups excluding carboxylic acids is 1. The summed E-state index contributed by atoms with van der Waals surface area (Å²) in [6, 6.07) is 21.0. The third-order valence-electron chi connectivity index (χ3n) is 9.03. The van der Waals surface area contributed by atoms with Gasteiger partial charge in [-0.15, -0.1) is 0 Å². The van der Waals surface area contributed by atoms with Crippen molar-refractivity contribution in [2.24, 2.45) is 0 Å². The van der Waals surface area contributed by atoms with Crippen LogP contribution in [0.25, 0.3) is 0 Å². The van der Waals surface area contributed by atoms with E-state index in [-0.39, 0.29) is 29.2 Å². The highest BCUT2D eigenvalue weighted by Gasteiger charge is 2.49. The lowest BCUT2D eigenvalue weighted by atomic mass is 9.90. The molecule has 1 aromatic heterocycles. The zero-order valence-electron chi connectivity index (χ0n) is 24.0. The van der Waals surface area contributed by atoms with Crippen LogP contribution >= 0.6 is 0 Å². The van der Waals surface area contributed by atoms with Gasteiger partial charge in [0.2, 0.25) is 5.88 Å². The van der Waals surface area contributed by atoms with E-state index >= 15 is 0 Å². The second kappa shape index (κ2) is 12.1. The van der Waals surface area contributed by atoms with Crippen molar-refractivity contribution >= 4 is 12.0 Å². The van der Waals surface area contributed by atoms with Crippen LogP contribution in [0.15, 0.2) is 72.9 Å². The number of urea groups is 1. The Bertz CT molecular complexity index is 1370. The van der Waals surface area contributed by atoms with E-state index in [0.717, 1.165) is 57.4 Å². The van der Waals surface area contributed by atoms with E-state index in [0.29, 0.717) is 24.8 Å². The summed E-state index contributed by atoms with van der Waals surface area (Å²) in [6.45, 7) is 6.97. The highest BCUT2D eigenvalue weighted by Crippen LogP contribution is 2.40. The summed E-state index contributed by atoms with van der Waals surface area (Å²) in [5, 5.41) is 9.06. The minimum Gasteiger partial charge on any atom is -0.478 e. The molecule has 3 saturated heterocycles. The van der Waals surface area contributed by atoms with Gasteiger partial charge in [0.1, 0.15) is 5.75 Å². The monoisotopic (exact) mass is 570 g/mol. The maximum atomic E-state index is 14.0. The van der Waals surface area contributed by atoms with Gasteiger partial charge < -0.3 is 24.4 Å². The number of aromatic carboxylic acids is 1. The van der Waals surface area contributed by atoms with Crippen LogP contribution in [0.4, 0.5) is 4.79 Å². The van der Waals surface area contributed by atoms with Crippen molar-refractivity contribution in [3.05, 3.63) is 89.6 Å². The number of piperidine rings is 1. The summed E-state index contributed by atoms with van der Waals surface area (Å²) in [5.41, 5.74) is 2.35. The fraction of sp³-hybridized carbons (Fsp3) is 0.424. The first-order chi connectivity index (χ1) is 20.4. The largest absolute Gasteiger partial charge is 0.478 e. The molecule has 0 bridgehead atoms. The molecule has 3 aliphatic heterocycles. The van der Waals surface area contributed by atoms with Crippen LogP contribution in [0.3, 0.4) is 0 Å². The molecule has 0 radical (unpaired) electrons. The van der Waals surface area contributed by atoms with Gasteiger partial charge in [-0.1, -0.05) is 36.4 Å². The van der Waals surface area contributed by atoms with Crippen molar-refractivity contribution in [1.29, 1.82) is 0 Å². The highest BCUT2D eigenvalue weighted by atomic mass is 16.5. The predicted octanol–water partition coefficient (Wildman–Crippen LogP) is 5.58. The van der Waals surface area contributed by atoms with Crippen LogP contribution in [-0.4, -0.2) is 81.2 Å². The topological polar surface area (TPSA) is 95.4 Å². The number of carbonyl (C=O) groups is 2. The van der Waals surface area contributed by atoms with Gasteiger partial charge in [-0.3, -0.25) is 4.90 Å². The van der Waals surface area contributed by atoms with Gasteiger partial charge in [0.15, 0.2) is 0 Å². The van der Waals surface area contributed by atoms with E-state index < -0.39 is 5.97 Å². The molecule has 3 fully saturated rings. The fourth-order valence-corrected chi connectivity index (χ4v) is 6.46. The average Bonchev–Trinajstić information content (AvgIpc) is 3.37. The molecular weight excluding hydrogens is 532 g/mol. The van der Waals surface area contributed by atoms with E-state index in [1.54, 1.807) is 12.1 Å². The Kier molecular flexibility index (Phi) is 8.13. The van der Waals surface area contributed by atoms with E-state index in [9.17, 15) is 9.59 Å². The summed E-state index contributed by atoms with van der Waals surface area (Å²) in [4.78, 5) is 36.3. The molecule has 3 aromatic rings. The Morgan fingerprint density at radius 3 is 2.38 bits per heavy atom. The number of benzene rings is 2. The normalized spacial score (nSPS) is 21.5. The second-order valence-corrected chi connectivity index (χ2v) is 11.8. The predicted molar refractivity (Wildman–Crippen MR) is 158 cm³/mol. The molecule has 0 aliphatic carbocycles. The maximum absolute atomic E-state index is 14.0. The Labute approximate surface area is 246 Å². The van der Waals surface area contributed by atoms with Gasteiger partial charge in [0.05, 0.1) is 11.6 Å². The molecule has 6 rings (SSSR count). The SMILES string of the molecule is CC1(N2CC(c3ccccc3)N(C3CCN(Cc4ccc(Oc5ccc(C(=O)O)cc5)nc4)CC3)C2=O)CCOCC1. The first kappa shape index (κ1) is 28.2. The van der Waals surface area contributed by atoms with Crippen LogP contribution in [0.5, 0.6) is 11.6 Å². The van der Waals surface area contributed by atoms with Gasteiger partial charge in [0, 0.05) is 63.2 Å². The zero-order chi connectivity index (χ0) is 29.1. The molecule has 1 unspecified atom stereocenters. The minimum absolute atomic E-state index is 0.0620. The maximum Gasteiger partial charge on any atom is 0.335 e. The standard InChI is InChI=1S/C33H38N4O5/c1-33(15-19-41-20-16-33)36-23-29(25-5-3-2-4-6-25)37(32(36)40)27-13-17-35(18-14-27)22-24-7-12-30(34-21-24)42-28-10-8-26(9-11-28)31(38)39/h2-12,21,27,29H,13-20,22-23H2,1H3,(H,38,39). The van der Waals surface area contributed by atoms with Crippen molar-refractivity contribution < 1.29 is 24.2 Å². The number of pyridine rings is 1. The summed E-state index contributed by atoms with van der Waals surface area (Å²) < 4.78 is 11.4. The van der Waals surface area contributed by atoms with Crippen molar-refractivity contribution in [2.45, 2.75) is 56.8 Å². The molecule has 1 N–H and O–H groups in total. The number of ether oxygens (including phenoxy) is 2. The van der Waals surface area contributed by atoms with Gasteiger partial charge >= 0.3 is 12.0 Å². The molecule has 2 aromatic carbocycles. The van der Waals surface area contributed by atoms with Gasteiger partial charge in [-0.25, -0.2) is 14.6 Å². The van der Waals surface area contributed by atoms with Crippen LogP contribution in [0.2, 0.25) is 0 Å². The first-order valence-electron chi connectivity index (χ1n) is 14.8. The number of hydrogen-bond donors (Lipinski definition) is 1. The lowest BCUT2D eigenvalue weighted by Gasteiger charge is -2.42. The number of amides is 2. The third kappa shape index (κ3) is 5.98. The van der Waals surface area contributed by atoms with Crippen molar-refractivity contribution in [3.8, 4) is 11.6 Å². The molecule has 3 aliphatic rings. The Balaban J connectivity index is 1.08. The minimum atomic E-state index is -0.970. The van der Waals surface area contributed by atoms with Gasteiger partial charge in [0.25, 0.3) is 0 Å². The number of rotatable bonds is 8. The lowest BCUT2D eigenvalue weighted by molar-refractivity contribution is 0.00377. The second-order valence-electron chi connectivity index (χ2n) is 11.8. The van der Waals surface area contributed by atoms with Crippen molar-refractivity contribution in [2.75, 3.05) is 32.8 Å². The molecule has 0 saturated carbocycles. The Morgan fingerprint density at radius 2 is 1.74 bits per heavy atom. The number of nitrogens with zero attached hydrogens (tertiary/aromatic N) is 4. The lowest BCUT2D eigenvalue weighted by Crippen LogP contribution is -2.53. The molecule has 2 amide bonds. The Morgan fingerprint density at radius 1 is 1.02 bits per heavy atom. The van der Waals surface area contributed by atoms with E-state index in [1.165, 1.54) is 17.7 Å².